The number of aryl methyl sites for hydroxylation is 2. The highest BCUT2D eigenvalue weighted by atomic mass is 16.4. The Morgan fingerprint density at radius 1 is 1.10 bits per heavy atom. The fourth-order valence-electron chi connectivity index (χ4n) is 2.06. The number of rotatable bonds is 7. The summed E-state index contributed by atoms with van der Waals surface area (Å²) in [6, 6.07) is 3.50. The quantitative estimate of drug-likeness (QED) is 0.664. The Bertz CT molecular complexity index is 498. The Morgan fingerprint density at radius 3 is 2.25 bits per heavy atom. The second-order valence-electron chi connectivity index (χ2n) is 4.72. The number of aromatic carboxylic acids is 1. The molecule has 0 aromatic heterocycles. The van der Waals surface area contributed by atoms with Gasteiger partial charge in [-0.15, -0.1) is 0 Å². The summed E-state index contributed by atoms with van der Waals surface area (Å²) < 4.78 is 0. The van der Waals surface area contributed by atoms with Crippen LogP contribution in [0.25, 0.3) is 0 Å². The molecule has 0 radical (unpaired) electrons. The number of carboxylic acids is 1. The average Bonchev–Trinajstić information content (AvgIpc) is 2.40. The molecular weight excluding hydrogens is 256 g/mol. The number of nitrogens with one attached hydrogen (secondary N) is 2. The average molecular weight is 278 g/mol. The van der Waals surface area contributed by atoms with E-state index in [2.05, 4.69) is 10.6 Å². The van der Waals surface area contributed by atoms with E-state index in [9.17, 15) is 14.7 Å². The molecule has 5 heteroatoms. The van der Waals surface area contributed by atoms with Gasteiger partial charge in [-0.25, -0.2) is 4.79 Å². The van der Waals surface area contributed by atoms with E-state index in [4.69, 9.17) is 0 Å². The van der Waals surface area contributed by atoms with Crippen LogP contribution in [0.15, 0.2) is 12.1 Å². The number of carbonyl (C=O) groups is 2. The van der Waals surface area contributed by atoms with Gasteiger partial charge in [-0.05, 0) is 44.5 Å². The molecule has 0 heterocycles. The van der Waals surface area contributed by atoms with Crippen LogP contribution in [0.5, 0.6) is 0 Å². The van der Waals surface area contributed by atoms with Gasteiger partial charge >= 0.3 is 5.97 Å². The first-order chi connectivity index (χ1) is 9.49. The first-order valence-electron chi connectivity index (χ1n) is 6.81. The minimum absolute atomic E-state index is 0.0918. The summed E-state index contributed by atoms with van der Waals surface area (Å²) >= 11 is 0. The van der Waals surface area contributed by atoms with Crippen LogP contribution in [0.1, 0.15) is 45.2 Å². The summed E-state index contributed by atoms with van der Waals surface area (Å²) in [5.74, 6) is -1.39. The van der Waals surface area contributed by atoms with Gasteiger partial charge < -0.3 is 15.7 Å². The lowest BCUT2D eigenvalue weighted by Crippen LogP contribution is -2.29. The number of amides is 1. The summed E-state index contributed by atoms with van der Waals surface area (Å²) in [4.78, 5) is 23.5. The Hall–Kier alpha value is -1.88. The summed E-state index contributed by atoms with van der Waals surface area (Å²) in [6.07, 6.45) is 0.812. The molecule has 1 amide bonds. The van der Waals surface area contributed by atoms with E-state index in [-0.39, 0.29) is 17.0 Å². The summed E-state index contributed by atoms with van der Waals surface area (Å²) in [5, 5.41) is 15.2. The number of hydrogen-bond acceptors (Lipinski definition) is 3. The van der Waals surface area contributed by atoms with Crippen LogP contribution in [0, 0.1) is 13.8 Å². The van der Waals surface area contributed by atoms with Crippen molar-refractivity contribution < 1.29 is 14.7 Å². The van der Waals surface area contributed by atoms with Gasteiger partial charge in [0.2, 0.25) is 0 Å². The number of benzene rings is 1. The van der Waals surface area contributed by atoms with Crippen molar-refractivity contribution in [2.75, 3.05) is 19.6 Å². The van der Waals surface area contributed by atoms with Crippen molar-refractivity contribution in [2.24, 2.45) is 0 Å². The van der Waals surface area contributed by atoms with Gasteiger partial charge in [0, 0.05) is 6.54 Å². The van der Waals surface area contributed by atoms with Crippen LogP contribution >= 0.6 is 0 Å². The lowest BCUT2D eigenvalue weighted by atomic mass is 9.96. The predicted octanol–water partition coefficient (Wildman–Crippen LogP) is 1.73. The molecule has 1 rings (SSSR count). The van der Waals surface area contributed by atoms with E-state index in [0.717, 1.165) is 19.5 Å². The molecule has 0 bridgehead atoms. The Balaban J connectivity index is 2.82. The Morgan fingerprint density at radius 2 is 1.70 bits per heavy atom. The third-order valence-electron chi connectivity index (χ3n) is 3.13. The highest BCUT2D eigenvalue weighted by Crippen LogP contribution is 2.18. The summed E-state index contributed by atoms with van der Waals surface area (Å²) in [7, 11) is 0. The molecular formula is C15H22N2O3. The van der Waals surface area contributed by atoms with Crippen molar-refractivity contribution in [3.05, 3.63) is 34.4 Å². The van der Waals surface area contributed by atoms with E-state index in [1.807, 2.05) is 6.92 Å². The number of carbonyl (C=O) groups excluding carboxylic acids is 1. The van der Waals surface area contributed by atoms with Crippen LogP contribution in [-0.2, 0) is 0 Å². The molecule has 20 heavy (non-hydrogen) atoms. The van der Waals surface area contributed by atoms with E-state index < -0.39 is 5.97 Å². The fourth-order valence-corrected chi connectivity index (χ4v) is 2.06. The minimum Gasteiger partial charge on any atom is -0.478 e. The molecule has 0 aliphatic rings. The van der Waals surface area contributed by atoms with Crippen LogP contribution in [0.3, 0.4) is 0 Å². The smallest absolute Gasteiger partial charge is 0.336 e. The van der Waals surface area contributed by atoms with Gasteiger partial charge in [-0.1, -0.05) is 19.1 Å². The van der Waals surface area contributed by atoms with E-state index >= 15 is 0 Å². The highest BCUT2D eigenvalue weighted by molar-refractivity contribution is 6.06. The molecule has 0 spiro atoms. The van der Waals surface area contributed by atoms with Crippen molar-refractivity contribution in [3.8, 4) is 0 Å². The third kappa shape index (κ3) is 4.06. The molecule has 0 fully saturated rings. The Kier molecular flexibility index (Phi) is 6.18. The maximum absolute atomic E-state index is 12.2. The van der Waals surface area contributed by atoms with E-state index in [1.165, 1.54) is 0 Å². The third-order valence-corrected chi connectivity index (χ3v) is 3.13. The van der Waals surface area contributed by atoms with Crippen LogP contribution in [0.2, 0.25) is 0 Å². The molecule has 110 valence electrons. The second-order valence-corrected chi connectivity index (χ2v) is 4.72. The summed E-state index contributed by atoms with van der Waals surface area (Å²) in [5.41, 5.74) is 1.63. The van der Waals surface area contributed by atoms with Crippen molar-refractivity contribution in [1.82, 2.24) is 10.6 Å². The lowest BCUT2D eigenvalue weighted by molar-refractivity contribution is 0.0690. The largest absolute Gasteiger partial charge is 0.478 e. The molecule has 0 unspecified atom stereocenters. The van der Waals surface area contributed by atoms with Gasteiger partial charge in [0.15, 0.2) is 0 Å². The molecule has 1 aromatic carbocycles. The molecule has 1 aromatic rings. The van der Waals surface area contributed by atoms with E-state index in [1.54, 1.807) is 26.0 Å². The zero-order valence-corrected chi connectivity index (χ0v) is 12.2. The molecule has 3 N–H and O–H groups in total. The second kappa shape index (κ2) is 7.65. The molecule has 0 saturated heterocycles. The van der Waals surface area contributed by atoms with Crippen molar-refractivity contribution in [2.45, 2.75) is 27.2 Å². The van der Waals surface area contributed by atoms with Crippen LogP contribution in [0.4, 0.5) is 0 Å². The standard InChI is InChI=1S/C15H22N2O3/c1-4-16-8-5-9-17-14(18)12-10(2)6-7-11(3)13(12)15(19)20/h6-7,16H,4-5,8-9H2,1-3H3,(H,17,18)(H,19,20). The van der Waals surface area contributed by atoms with Crippen LogP contribution < -0.4 is 10.6 Å². The van der Waals surface area contributed by atoms with Gasteiger partial charge in [-0.2, -0.15) is 0 Å². The first-order valence-corrected chi connectivity index (χ1v) is 6.81. The monoisotopic (exact) mass is 278 g/mol. The van der Waals surface area contributed by atoms with Gasteiger partial charge in [0.1, 0.15) is 0 Å². The molecule has 0 saturated carbocycles. The molecule has 0 atom stereocenters. The van der Waals surface area contributed by atoms with Crippen LogP contribution in [-0.4, -0.2) is 36.6 Å². The zero-order valence-electron chi connectivity index (χ0n) is 12.2. The van der Waals surface area contributed by atoms with Crippen molar-refractivity contribution >= 4 is 11.9 Å². The number of hydrogen-bond donors (Lipinski definition) is 3. The van der Waals surface area contributed by atoms with Gasteiger partial charge in [-0.3, -0.25) is 4.79 Å². The Labute approximate surface area is 119 Å². The maximum atomic E-state index is 12.2. The first kappa shape index (κ1) is 16.2. The van der Waals surface area contributed by atoms with Crippen molar-refractivity contribution in [1.29, 1.82) is 0 Å². The predicted molar refractivity (Wildman–Crippen MR) is 78.4 cm³/mol. The lowest BCUT2D eigenvalue weighted by Gasteiger charge is -2.12. The normalized spacial score (nSPS) is 10.3. The number of carboxylic acid groups (broad SMARTS) is 1. The van der Waals surface area contributed by atoms with Gasteiger partial charge in [0.25, 0.3) is 5.91 Å². The summed E-state index contributed by atoms with van der Waals surface area (Å²) in [6.45, 7) is 7.72. The SMILES string of the molecule is CCNCCCNC(=O)c1c(C)ccc(C)c1C(=O)O. The zero-order chi connectivity index (χ0) is 15.1. The molecule has 5 nitrogen and oxygen atoms in total. The van der Waals surface area contributed by atoms with E-state index in [0.29, 0.717) is 17.7 Å². The minimum atomic E-state index is -1.07. The topological polar surface area (TPSA) is 78.4 Å². The molecule has 0 aliphatic heterocycles. The molecule has 0 aliphatic carbocycles. The van der Waals surface area contributed by atoms with Gasteiger partial charge in [0.05, 0.1) is 11.1 Å². The fraction of sp³-hybridized carbons (Fsp3) is 0.467. The van der Waals surface area contributed by atoms with Crippen molar-refractivity contribution in [3.63, 3.8) is 0 Å². The maximum Gasteiger partial charge on any atom is 0.336 e. The highest BCUT2D eigenvalue weighted by Gasteiger charge is 2.20.